The predicted octanol–water partition coefficient (Wildman–Crippen LogP) is 2.27. The van der Waals surface area contributed by atoms with Gasteiger partial charge in [-0.15, -0.1) is 0 Å². The maximum atomic E-state index is 13.2. The van der Waals surface area contributed by atoms with E-state index in [-0.39, 0.29) is 17.5 Å². The fourth-order valence-corrected chi connectivity index (χ4v) is 2.01. The Kier molecular flexibility index (Phi) is 4.53. The van der Waals surface area contributed by atoms with Crippen LogP contribution in [0.25, 0.3) is 0 Å². The molecule has 3 nitrogen and oxygen atoms in total. The molecule has 1 rings (SSSR count). The van der Waals surface area contributed by atoms with Crippen LogP contribution in [0.5, 0.6) is 0 Å². The van der Waals surface area contributed by atoms with Crippen molar-refractivity contribution < 1.29 is 9.18 Å². The van der Waals surface area contributed by atoms with E-state index >= 15 is 0 Å². The third-order valence-electron chi connectivity index (χ3n) is 2.08. The van der Waals surface area contributed by atoms with Gasteiger partial charge < -0.3 is 11.1 Å². The molecular weight excluding hydrogens is 254 g/mol. The summed E-state index contributed by atoms with van der Waals surface area (Å²) in [5, 5.41) is 2.77. The Morgan fingerprint density at radius 3 is 2.75 bits per heavy atom. The van der Waals surface area contributed by atoms with Crippen molar-refractivity contribution >= 4 is 29.1 Å². The summed E-state index contributed by atoms with van der Waals surface area (Å²) in [6, 6.07) is 2.07. The molecule has 1 aromatic carbocycles. The van der Waals surface area contributed by atoms with Crippen molar-refractivity contribution in [2.24, 2.45) is 5.73 Å². The highest BCUT2D eigenvalue weighted by Crippen LogP contribution is 2.32. The van der Waals surface area contributed by atoms with Gasteiger partial charge in [-0.1, -0.05) is 23.2 Å². The third kappa shape index (κ3) is 2.84. The summed E-state index contributed by atoms with van der Waals surface area (Å²) in [5.41, 5.74) is 5.50. The lowest BCUT2D eigenvalue weighted by molar-refractivity contribution is -0.120. The van der Waals surface area contributed by atoms with Gasteiger partial charge in [0.05, 0.1) is 17.6 Å². The Labute approximate surface area is 103 Å². The van der Waals surface area contributed by atoms with Crippen LogP contribution < -0.4 is 11.1 Å². The number of carbonyl (C=O) groups excluding carboxylic acids is 1. The second-order valence-electron chi connectivity index (χ2n) is 3.25. The van der Waals surface area contributed by atoms with Crippen molar-refractivity contribution in [3.05, 3.63) is 33.6 Å². The molecule has 0 bridgehead atoms. The van der Waals surface area contributed by atoms with Crippen LogP contribution in [0.3, 0.4) is 0 Å². The molecule has 0 heterocycles. The highest BCUT2D eigenvalue weighted by atomic mass is 35.5. The third-order valence-corrected chi connectivity index (χ3v) is 2.79. The number of halogens is 3. The molecule has 1 aromatic rings. The molecule has 0 aliphatic carbocycles. The van der Waals surface area contributed by atoms with Gasteiger partial charge in [0.25, 0.3) is 0 Å². The number of nitrogens with one attached hydrogen (secondary N) is 1. The van der Waals surface area contributed by atoms with Crippen LogP contribution in [0.2, 0.25) is 10.0 Å². The van der Waals surface area contributed by atoms with Crippen molar-refractivity contribution in [2.75, 3.05) is 6.54 Å². The van der Waals surface area contributed by atoms with Crippen molar-refractivity contribution in [3.8, 4) is 0 Å². The molecule has 0 aliphatic heterocycles. The first-order valence-electron chi connectivity index (χ1n) is 4.60. The molecule has 88 valence electrons. The van der Waals surface area contributed by atoms with Crippen molar-refractivity contribution in [3.63, 3.8) is 0 Å². The number of hydrogen-bond acceptors (Lipinski definition) is 2. The molecule has 0 saturated carbocycles. The normalized spacial score (nSPS) is 12.3. The van der Waals surface area contributed by atoms with Gasteiger partial charge in [0.1, 0.15) is 5.82 Å². The van der Waals surface area contributed by atoms with E-state index < -0.39 is 11.9 Å². The second-order valence-corrected chi connectivity index (χ2v) is 4.04. The van der Waals surface area contributed by atoms with Gasteiger partial charge in [-0.05, 0) is 19.1 Å². The average Bonchev–Trinajstić information content (AvgIpc) is 2.24. The van der Waals surface area contributed by atoms with E-state index in [1.807, 2.05) is 0 Å². The van der Waals surface area contributed by atoms with Crippen LogP contribution in [-0.4, -0.2) is 12.5 Å². The van der Waals surface area contributed by atoms with E-state index in [0.717, 1.165) is 0 Å². The standard InChI is InChI=1S/C10H11Cl2FN2O/c1-5(15-8(16)4-14)9-6(11)2-3-7(13)10(9)12/h2-3,5H,4,14H2,1H3,(H,15,16). The molecule has 0 aliphatic rings. The second kappa shape index (κ2) is 5.48. The Hall–Kier alpha value is -0.840. The topological polar surface area (TPSA) is 55.1 Å². The van der Waals surface area contributed by atoms with Gasteiger partial charge in [0, 0.05) is 10.6 Å². The van der Waals surface area contributed by atoms with Gasteiger partial charge in [0.15, 0.2) is 0 Å². The first kappa shape index (κ1) is 13.2. The Morgan fingerprint density at radius 1 is 1.56 bits per heavy atom. The van der Waals surface area contributed by atoms with Crippen LogP contribution in [0.4, 0.5) is 4.39 Å². The summed E-state index contributed by atoms with van der Waals surface area (Å²) in [4.78, 5) is 11.1. The number of carbonyl (C=O) groups is 1. The molecule has 1 atom stereocenters. The molecule has 0 fully saturated rings. The number of benzene rings is 1. The number of hydrogen-bond donors (Lipinski definition) is 2. The van der Waals surface area contributed by atoms with Crippen molar-refractivity contribution in [1.29, 1.82) is 0 Å². The molecule has 3 N–H and O–H groups in total. The highest BCUT2D eigenvalue weighted by molar-refractivity contribution is 6.36. The molecule has 1 unspecified atom stereocenters. The maximum Gasteiger partial charge on any atom is 0.234 e. The molecule has 0 spiro atoms. The summed E-state index contributed by atoms with van der Waals surface area (Å²) >= 11 is 11.7. The molecule has 16 heavy (non-hydrogen) atoms. The largest absolute Gasteiger partial charge is 0.348 e. The lowest BCUT2D eigenvalue weighted by Gasteiger charge is -2.17. The molecule has 1 amide bonds. The van der Waals surface area contributed by atoms with Gasteiger partial charge in [-0.2, -0.15) is 0 Å². The monoisotopic (exact) mass is 264 g/mol. The SMILES string of the molecule is CC(NC(=O)CN)c1c(Cl)ccc(F)c1Cl. The number of amides is 1. The molecule has 0 aromatic heterocycles. The minimum atomic E-state index is -0.574. The zero-order chi connectivity index (χ0) is 12.3. The Morgan fingerprint density at radius 2 is 2.19 bits per heavy atom. The lowest BCUT2D eigenvalue weighted by atomic mass is 10.1. The zero-order valence-corrected chi connectivity index (χ0v) is 10.1. The van der Waals surface area contributed by atoms with Crippen LogP contribution >= 0.6 is 23.2 Å². The Bertz CT molecular complexity index is 412. The van der Waals surface area contributed by atoms with E-state index in [1.165, 1.54) is 12.1 Å². The van der Waals surface area contributed by atoms with E-state index in [1.54, 1.807) is 6.92 Å². The van der Waals surface area contributed by atoms with E-state index in [0.29, 0.717) is 10.6 Å². The fraction of sp³-hybridized carbons (Fsp3) is 0.300. The van der Waals surface area contributed by atoms with E-state index in [2.05, 4.69) is 5.32 Å². The van der Waals surface area contributed by atoms with Crippen LogP contribution in [0, 0.1) is 5.82 Å². The summed E-state index contributed by atoms with van der Waals surface area (Å²) < 4.78 is 13.2. The summed E-state index contributed by atoms with van der Waals surface area (Å²) in [6.45, 7) is 1.51. The summed E-state index contributed by atoms with van der Waals surface area (Å²) in [7, 11) is 0. The quantitative estimate of drug-likeness (QED) is 0.824. The van der Waals surface area contributed by atoms with Crippen molar-refractivity contribution in [2.45, 2.75) is 13.0 Å². The number of rotatable bonds is 3. The lowest BCUT2D eigenvalue weighted by Crippen LogP contribution is -2.32. The fourth-order valence-electron chi connectivity index (χ4n) is 1.31. The van der Waals surface area contributed by atoms with Crippen LogP contribution in [0.15, 0.2) is 12.1 Å². The van der Waals surface area contributed by atoms with Gasteiger partial charge in [-0.25, -0.2) is 4.39 Å². The van der Waals surface area contributed by atoms with E-state index in [9.17, 15) is 9.18 Å². The van der Waals surface area contributed by atoms with Crippen LogP contribution in [-0.2, 0) is 4.79 Å². The van der Waals surface area contributed by atoms with Gasteiger partial charge >= 0.3 is 0 Å². The van der Waals surface area contributed by atoms with Gasteiger partial charge in [0.2, 0.25) is 5.91 Å². The first-order chi connectivity index (χ1) is 7.47. The Balaban J connectivity index is 3.03. The summed E-state index contributed by atoms with van der Waals surface area (Å²) in [6.07, 6.45) is 0. The zero-order valence-electron chi connectivity index (χ0n) is 8.56. The average molecular weight is 265 g/mol. The van der Waals surface area contributed by atoms with Crippen molar-refractivity contribution in [1.82, 2.24) is 5.32 Å². The summed E-state index contributed by atoms with van der Waals surface area (Å²) in [5.74, 6) is -0.932. The molecular formula is C10H11Cl2FN2O. The molecule has 6 heteroatoms. The smallest absolute Gasteiger partial charge is 0.234 e. The minimum Gasteiger partial charge on any atom is -0.348 e. The molecule has 0 radical (unpaired) electrons. The molecule has 0 saturated heterocycles. The predicted molar refractivity (Wildman–Crippen MR) is 62.0 cm³/mol. The number of nitrogens with two attached hydrogens (primary N) is 1. The van der Waals surface area contributed by atoms with E-state index in [4.69, 9.17) is 28.9 Å². The maximum absolute atomic E-state index is 13.2. The van der Waals surface area contributed by atoms with Crippen LogP contribution in [0.1, 0.15) is 18.5 Å². The van der Waals surface area contributed by atoms with Gasteiger partial charge in [-0.3, -0.25) is 4.79 Å². The highest BCUT2D eigenvalue weighted by Gasteiger charge is 2.18. The first-order valence-corrected chi connectivity index (χ1v) is 5.35. The minimum absolute atomic E-state index is 0.0858.